The number of alkyl halides is 3. The molecule has 2 aromatic carbocycles. The van der Waals surface area contributed by atoms with Gasteiger partial charge in [-0.25, -0.2) is 0 Å². The van der Waals surface area contributed by atoms with E-state index in [0.717, 1.165) is 41.5 Å². The van der Waals surface area contributed by atoms with E-state index in [-0.39, 0.29) is 11.1 Å². The number of halogens is 3. The smallest absolute Gasteiger partial charge is 0.345 e. The Morgan fingerprint density at radius 1 is 1.09 bits per heavy atom. The number of nitrogens with zero attached hydrogens (tertiary/aromatic N) is 1. The SMILES string of the molecule is CCCCc1cccc([C@@H](NC(=O)c2ccc3cc(C)n(CC(C)C)c3c2)C(F)(F)F)c1. The fourth-order valence-corrected chi connectivity index (χ4v) is 4.02. The topological polar surface area (TPSA) is 34.0 Å². The number of carbonyl (C=O) groups is 1. The zero-order valence-electron chi connectivity index (χ0n) is 19.1. The van der Waals surface area contributed by atoms with Crippen molar-refractivity contribution in [1.29, 1.82) is 0 Å². The first kappa shape index (κ1) is 23.9. The number of nitrogens with one attached hydrogen (secondary N) is 1. The van der Waals surface area contributed by atoms with Crippen molar-refractivity contribution < 1.29 is 18.0 Å². The van der Waals surface area contributed by atoms with Gasteiger partial charge in [0.25, 0.3) is 5.91 Å². The fraction of sp³-hybridized carbons (Fsp3) is 0.423. The largest absolute Gasteiger partial charge is 0.412 e. The number of hydrogen-bond acceptors (Lipinski definition) is 1. The summed E-state index contributed by atoms with van der Waals surface area (Å²) in [6, 6.07) is 11.5. The highest BCUT2D eigenvalue weighted by Gasteiger charge is 2.42. The lowest BCUT2D eigenvalue weighted by molar-refractivity contribution is -0.155. The number of benzene rings is 2. The minimum absolute atomic E-state index is 0.0551. The molecule has 0 saturated carbocycles. The van der Waals surface area contributed by atoms with Crippen molar-refractivity contribution in [3.8, 4) is 0 Å². The van der Waals surface area contributed by atoms with E-state index >= 15 is 0 Å². The molecule has 0 saturated heterocycles. The Morgan fingerprint density at radius 2 is 1.84 bits per heavy atom. The Kier molecular flexibility index (Phi) is 7.32. The number of amides is 1. The van der Waals surface area contributed by atoms with Gasteiger partial charge in [0.1, 0.15) is 0 Å². The summed E-state index contributed by atoms with van der Waals surface area (Å²) in [5, 5.41) is 3.20. The van der Waals surface area contributed by atoms with Crippen molar-refractivity contribution in [2.24, 2.45) is 5.92 Å². The third-order valence-corrected chi connectivity index (χ3v) is 5.63. The van der Waals surface area contributed by atoms with Gasteiger partial charge in [0.15, 0.2) is 6.04 Å². The minimum Gasteiger partial charge on any atom is -0.345 e. The van der Waals surface area contributed by atoms with Crippen LogP contribution in [0.4, 0.5) is 13.2 Å². The number of carbonyl (C=O) groups excluding carboxylic acids is 1. The molecule has 1 aromatic heterocycles. The van der Waals surface area contributed by atoms with Crippen LogP contribution < -0.4 is 5.32 Å². The van der Waals surface area contributed by atoms with Gasteiger partial charge < -0.3 is 9.88 Å². The molecule has 0 aliphatic carbocycles. The van der Waals surface area contributed by atoms with E-state index in [1.165, 1.54) is 6.07 Å². The van der Waals surface area contributed by atoms with Gasteiger partial charge >= 0.3 is 6.18 Å². The maximum atomic E-state index is 13.9. The Labute approximate surface area is 187 Å². The van der Waals surface area contributed by atoms with E-state index in [4.69, 9.17) is 0 Å². The second kappa shape index (κ2) is 9.80. The quantitative estimate of drug-likeness (QED) is 0.399. The molecule has 3 aromatic rings. The van der Waals surface area contributed by atoms with Gasteiger partial charge in [-0.2, -0.15) is 13.2 Å². The third-order valence-electron chi connectivity index (χ3n) is 5.63. The number of unbranched alkanes of at least 4 members (excludes halogenated alkanes) is 1. The zero-order valence-corrected chi connectivity index (χ0v) is 19.1. The van der Waals surface area contributed by atoms with Crippen LogP contribution in [0.25, 0.3) is 10.9 Å². The molecule has 0 radical (unpaired) electrons. The second-order valence-corrected chi connectivity index (χ2v) is 8.86. The van der Waals surface area contributed by atoms with Gasteiger partial charge in [-0.05, 0) is 60.4 Å². The molecular weight excluding hydrogens is 413 g/mol. The predicted octanol–water partition coefficient (Wildman–Crippen LogP) is 6.98. The molecule has 172 valence electrons. The van der Waals surface area contributed by atoms with E-state index in [9.17, 15) is 18.0 Å². The first-order valence-electron chi connectivity index (χ1n) is 11.2. The number of fused-ring (bicyclic) bond motifs is 1. The highest BCUT2D eigenvalue weighted by Crippen LogP contribution is 2.34. The summed E-state index contributed by atoms with van der Waals surface area (Å²) in [4.78, 5) is 12.9. The molecule has 1 heterocycles. The number of aromatic nitrogens is 1. The van der Waals surface area contributed by atoms with Crippen LogP contribution in [0.5, 0.6) is 0 Å². The predicted molar refractivity (Wildman–Crippen MR) is 123 cm³/mol. The molecule has 0 unspecified atom stereocenters. The molecule has 0 aliphatic heterocycles. The number of rotatable bonds is 8. The van der Waals surface area contributed by atoms with Crippen LogP contribution in [-0.4, -0.2) is 16.7 Å². The summed E-state index contributed by atoms with van der Waals surface area (Å²) in [5.74, 6) is -0.334. The normalized spacial score (nSPS) is 13.0. The summed E-state index contributed by atoms with van der Waals surface area (Å²) in [6.07, 6.45) is -2.02. The van der Waals surface area contributed by atoms with Crippen LogP contribution in [0.1, 0.15) is 66.8 Å². The summed E-state index contributed by atoms with van der Waals surface area (Å²) in [7, 11) is 0. The standard InChI is InChI=1S/C26H31F3N2O/c1-5-6-8-19-9-7-10-21(14-19)24(26(27,28)29)30-25(32)22-12-11-20-13-18(4)31(16-17(2)3)23(20)15-22/h7,9-15,17,24H,5-6,8,16H2,1-4H3,(H,30,32)/t24-/m1/s1. The van der Waals surface area contributed by atoms with Gasteiger partial charge in [-0.3, -0.25) is 4.79 Å². The lowest BCUT2D eigenvalue weighted by Gasteiger charge is -2.23. The highest BCUT2D eigenvalue weighted by molar-refractivity contribution is 5.98. The highest BCUT2D eigenvalue weighted by atomic mass is 19.4. The summed E-state index contributed by atoms with van der Waals surface area (Å²) >= 11 is 0. The Hall–Kier alpha value is -2.76. The van der Waals surface area contributed by atoms with Crippen molar-refractivity contribution in [3.05, 3.63) is 70.9 Å². The molecule has 1 amide bonds. The van der Waals surface area contributed by atoms with Crippen LogP contribution >= 0.6 is 0 Å². The molecular formula is C26H31F3N2O. The maximum absolute atomic E-state index is 13.9. The zero-order chi connectivity index (χ0) is 23.5. The Bertz CT molecular complexity index is 1080. The van der Waals surface area contributed by atoms with E-state index < -0.39 is 18.1 Å². The van der Waals surface area contributed by atoms with Crippen molar-refractivity contribution >= 4 is 16.8 Å². The number of hydrogen-bond donors (Lipinski definition) is 1. The van der Waals surface area contributed by atoms with Crippen molar-refractivity contribution in [3.63, 3.8) is 0 Å². The lowest BCUT2D eigenvalue weighted by atomic mass is 10.00. The molecule has 6 heteroatoms. The van der Waals surface area contributed by atoms with Gasteiger partial charge in [0.05, 0.1) is 0 Å². The maximum Gasteiger partial charge on any atom is 0.412 e. The summed E-state index contributed by atoms with van der Waals surface area (Å²) < 4.78 is 43.8. The summed E-state index contributed by atoms with van der Waals surface area (Å²) in [6.45, 7) is 9.01. The molecule has 32 heavy (non-hydrogen) atoms. The molecule has 3 rings (SSSR count). The van der Waals surface area contributed by atoms with Gasteiger partial charge in [-0.15, -0.1) is 0 Å². The molecule has 3 nitrogen and oxygen atoms in total. The van der Waals surface area contributed by atoms with Gasteiger partial charge in [0, 0.05) is 23.3 Å². The molecule has 1 N–H and O–H groups in total. The molecule has 0 spiro atoms. The van der Waals surface area contributed by atoms with Crippen molar-refractivity contribution in [1.82, 2.24) is 9.88 Å². The summed E-state index contributed by atoms with van der Waals surface area (Å²) in [5.41, 5.74) is 3.03. The van der Waals surface area contributed by atoms with E-state index in [0.29, 0.717) is 12.3 Å². The van der Waals surface area contributed by atoms with Crippen LogP contribution in [0.2, 0.25) is 0 Å². The third kappa shape index (κ3) is 5.53. The van der Waals surface area contributed by atoms with Crippen molar-refractivity contribution in [2.45, 2.75) is 65.7 Å². The average Bonchev–Trinajstić information content (AvgIpc) is 3.03. The van der Waals surface area contributed by atoms with Crippen LogP contribution in [0.15, 0.2) is 48.5 Å². The van der Waals surface area contributed by atoms with E-state index in [1.54, 1.807) is 30.3 Å². The van der Waals surface area contributed by atoms with Gasteiger partial charge in [0.2, 0.25) is 0 Å². The van der Waals surface area contributed by atoms with E-state index in [1.807, 2.05) is 26.0 Å². The first-order chi connectivity index (χ1) is 15.1. The minimum atomic E-state index is -4.60. The monoisotopic (exact) mass is 444 g/mol. The van der Waals surface area contributed by atoms with Gasteiger partial charge in [-0.1, -0.05) is 57.5 Å². The number of aryl methyl sites for hydroxylation is 2. The molecule has 1 atom stereocenters. The Balaban J connectivity index is 1.91. The fourth-order valence-electron chi connectivity index (χ4n) is 4.02. The average molecular weight is 445 g/mol. The molecule has 0 aliphatic rings. The molecule has 0 bridgehead atoms. The van der Waals surface area contributed by atoms with E-state index in [2.05, 4.69) is 23.7 Å². The Morgan fingerprint density at radius 3 is 2.50 bits per heavy atom. The van der Waals surface area contributed by atoms with Crippen LogP contribution in [0.3, 0.4) is 0 Å². The van der Waals surface area contributed by atoms with Crippen LogP contribution in [-0.2, 0) is 13.0 Å². The second-order valence-electron chi connectivity index (χ2n) is 8.86. The lowest BCUT2D eigenvalue weighted by Crippen LogP contribution is -2.38. The van der Waals surface area contributed by atoms with Crippen molar-refractivity contribution in [2.75, 3.05) is 0 Å². The van der Waals surface area contributed by atoms with Crippen LogP contribution in [0, 0.1) is 12.8 Å². The molecule has 0 fully saturated rings. The first-order valence-corrected chi connectivity index (χ1v) is 11.2.